The van der Waals surface area contributed by atoms with Crippen LogP contribution in [0.2, 0.25) is 0 Å². The van der Waals surface area contributed by atoms with Gasteiger partial charge in [-0.3, -0.25) is 14.4 Å². The van der Waals surface area contributed by atoms with Crippen molar-refractivity contribution in [2.45, 2.75) is 361 Å². The zero-order chi connectivity index (χ0) is 54.3. The number of esters is 3. The zero-order valence-corrected chi connectivity index (χ0v) is 50.3. The van der Waals surface area contributed by atoms with Crippen molar-refractivity contribution in [1.82, 2.24) is 0 Å². The molecule has 0 amide bonds. The van der Waals surface area contributed by atoms with E-state index < -0.39 is 6.10 Å². The van der Waals surface area contributed by atoms with E-state index in [-0.39, 0.29) is 31.1 Å². The lowest BCUT2D eigenvalue weighted by atomic mass is 10.0. The SMILES string of the molecule is CC/C=C\C/C=C\C/C=C\CCCCCC(=O)OC(COC(=O)CCCCCCC/C=C\CCCC)COC(=O)CCCCCCCCCCCCCCCCCCCCCCCCCCCCCCCCCCC. The normalized spacial score (nSPS) is 12.3. The highest BCUT2D eigenvalue weighted by Gasteiger charge is 2.19. The highest BCUT2D eigenvalue weighted by molar-refractivity contribution is 5.71. The van der Waals surface area contributed by atoms with Crippen LogP contribution in [0.1, 0.15) is 355 Å². The molecule has 0 aromatic carbocycles. The quantitative estimate of drug-likeness (QED) is 0.0261. The van der Waals surface area contributed by atoms with Crippen LogP contribution in [0.15, 0.2) is 48.6 Å². The van der Waals surface area contributed by atoms with E-state index >= 15 is 0 Å². The minimum absolute atomic E-state index is 0.0848. The van der Waals surface area contributed by atoms with Crippen LogP contribution >= 0.6 is 0 Å². The smallest absolute Gasteiger partial charge is 0.306 e. The minimum Gasteiger partial charge on any atom is -0.462 e. The molecule has 0 aromatic rings. The summed E-state index contributed by atoms with van der Waals surface area (Å²) in [6.07, 6.45) is 80.3. The lowest BCUT2D eigenvalue weighted by Gasteiger charge is -2.18. The van der Waals surface area contributed by atoms with Gasteiger partial charge in [0.2, 0.25) is 0 Å². The lowest BCUT2D eigenvalue weighted by Crippen LogP contribution is -2.30. The predicted molar refractivity (Wildman–Crippen MR) is 325 cm³/mol. The van der Waals surface area contributed by atoms with E-state index in [1.807, 2.05) is 0 Å². The summed E-state index contributed by atoms with van der Waals surface area (Å²) in [4.78, 5) is 38.1. The fraction of sp³-hybridized carbons (Fsp3) is 0.841. The first-order valence-corrected chi connectivity index (χ1v) is 33.1. The standard InChI is InChI=1S/C69H126O6/c1-4-7-10-13-16-19-22-24-25-26-27-28-29-30-31-32-33-34-35-36-37-38-39-40-41-42-43-45-47-50-53-56-59-62-68(71)74-65-66(64-73-67(70)61-58-55-52-49-46-21-18-15-12-9-6-3)75-69(72)63-60-57-54-51-48-44-23-20-17-14-11-8-5-2/h8,11,15,17-18,20,44,48,66H,4-7,9-10,12-14,16,19,21-43,45-47,49-65H2,1-3H3/b11-8-,18-15-,20-17-,48-44-. The Hall–Kier alpha value is -2.63. The van der Waals surface area contributed by atoms with Gasteiger partial charge in [-0.2, -0.15) is 0 Å². The summed E-state index contributed by atoms with van der Waals surface area (Å²) < 4.78 is 16.8. The molecule has 0 spiro atoms. The Balaban J connectivity index is 4.02. The van der Waals surface area contributed by atoms with Crippen molar-refractivity contribution < 1.29 is 28.6 Å². The van der Waals surface area contributed by atoms with Crippen LogP contribution in [0, 0.1) is 0 Å². The van der Waals surface area contributed by atoms with E-state index in [1.54, 1.807) is 0 Å². The maximum Gasteiger partial charge on any atom is 0.306 e. The van der Waals surface area contributed by atoms with Crippen molar-refractivity contribution in [1.29, 1.82) is 0 Å². The number of ether oxygens (including phenoxy) is 3. The summed E-state index contributed by atoms with van der Waals surface area (Å²) in [5.41, 5.74) is 0. The average Bonchev–Trinajstić information content (AvgIpc) is 3.41. The molecule has 6 heteroatoms. The molecule has 0 aliphatic heterocycles. The average molecular weight is 1050 g/mol. The first-order chi connectivity index (χ1) is 37.0. The van der Waals surface area contributed by atoms with E-state index in [1.165, 1.54) is 225 Å². The number of hydrogen-bond acceptors (Lipinski definition) is 6. The fourth-order valence-electron chi connectivity index (χ4n) is 9.85. The van der Waals surface area contributed by atoms with Crippen molar-refractivity contribution >= 4 is 17.9 Å². The Labute approximate surface area is 467 Å². The van der Waals surface area contributed by atoms with Crippen molar-refractivity contribution in [3.8, 4) is 0 Å². The molecule has 0 fully saturated rings. The molecule has 0 radical (unpaired) electrons. The van der Waals surface area contributed by atoms with Gasteiger partial charge in [-0.25, -0.2) is 0 Å². The molecule has 0 heterocycles. The summed E-state index contributed by atoms with van der Waals surface area (Å²) >= 11 is 0. The molecule has 0 saturated heterocycles. The summed E-state index contributed by atoms with van der Waals surface area (Å²) in [7, 11) is 0. The Bertz CT molecular complexity index is 1300. The first-order valence-electron chi connectivity index (χ1n) is 33.1. The summed E-state index contributed by atoms with van der Waals surface area (Å²) in [6, 6.07) is 0. The van der Waals surface area contributed by atoms with Gasteiger partial charge >= 0.3 is 17.9 Å². The molecule has 0 aliphatic carbocycles. The number of rotatable bonds is 61. The second-order valence-electron chi connectivity index (χ2n) is 22.4. The molecule has 1 atom stereocenters. The van der Waals surface area contributed by atoms with Gasteiger partial charge in [0.1, 0.15) is 13.2 Å². The zero-order valence-electron chi connectivity index (χ0n) is 50.3. The van der Waals surface area contributed by atoms with Gasteiger partial charge in [-0.05, 0) is 70.6 Å². The van der Waals surface area contributed by atoms with Gasteiger partial charge in [-0.1, -0.05) is 313 Å². The monoisotopic (exact) mass is 1050 g/mol. The number of carbonyl (C=O) groups excluding carboxylic acids is 3. The van der Waals surface area contributed by atoms with E-state index in [2.05, 4.69) is 69.4 Å². The van der Waals surface area contributed by atoms with Gasteiger partial charge in [0.15, 0.2) is 6.10 Å². The van der Waals surface area contributed by atoms with Crippen LogP contribution in [0.25, 0.3) is 0 Å². The van der Waals surface area contributed by atoms with Gasteiger partial charge in [-0.15, -0.1) is 0 Å². The molecule has 0 aromatic heterocycles. The van der Waals surface area contributed by atoms with Crippen LogP contribution in [0.5, 0.6) is 0 Å². The van der Waals surface area contributed by atoms with Crippen molar-refractivity contribution in [2.75, 3.05) is 13.2 Å². The Kier molecular flexibility index (Phi) is 61.7. The summed E-state index contributed by atoms with van der Waals surface area (Å²) in [5, 5.41) is 0. The van der Waals surface area contributed by atoms with Gasteiger partial charge in [0.25, 0.3) is 0 Å². The number of allylic oxidation sites excluding steroid dienone is 8. The maximum atomic E-state index is 12.8. The van der Waals surface area contributed by atoms with E-state index in [0.29, 0.717) is 19.3 Å². The second kappa shape index (κ2) is 63.9. The molecular weight excluding hydrogens is 925 g/mol. The maximum absolute atomic E-state index is 12.8. The molecule has 0 rings (SSSR count). The van der Waals surface area contributed by atoms with Gasteiger partial charge in [0, 0.05) is 19.3 Å². The van der Waals surface area contributed by atoms with E-state index in [0.717, 1.165) is 89.9 Å². The number of unbranched alkanes of at least 4 members (excludes halogenated alkanes) is 42. The van der Waals surface area contributed by atoms with Crippen LogP contribution in [-0.4, -0.2) is 37.2 Å². The fourth-order valence-corrected chi connectivity index (χ4v) is 9.85. The van der Waals surface area contributed by atoms with Crippen molar-refractivity contribution in [3.05, 3.63) is 48.6 Å². The van der Waals surface area contributed by atoms with Crippen LogP contribution in [-0.2, 0) is 28.6 Å². The molecular formula is C69H126O6. The van der Waals surface area contributed by atoms with E-state index in [4.69, 9.17) is 14.2 Å². The molecule has 0 saturated carbocycles. The molecule has 0 aliphatic rings. The summed E-state index contributed by atoms with van der Waals surface area (Å²) in [5.74, 6) is -0.910. The Morgan fingerprint density at radius 3 is 0.880 bits per heavy atom. The van der Waals surface area contributed by atoms with Crippen LogP contribution in [0.4, 0.5) is 0 Å². The Morgan fingerprint density at radius 2 is 0.533 bits per heavy atom. The third-order valence-corrected chi connectivity index (χ3v) is 14.8. The Morgan fingerprint density at radius 1 is 0.280 bits per heavy atom. The predicted octanol–water partition coefficient (Wildman–Crippen LogP) is 22.6. The lowest BCUT2D eigenvalue weighted by molar-refractivity contribution is -0.167. The third kappa shape index (κ3) is 62.1. The molecule has 75 heavy (non-hydrogen) atoms. The molecule has 0 bridgehead atoms. The van der Waals surface area contributed by atoms with Crippen LogP contribution < -0.4 is 0 Å². The molecule has 0 N–H and O–H groups in total. The number of hydrogen-bond donors (Lipinski definition) is 0. The molecule has 438 valence electrons. The largest absolute Gasteiger partial charge is 0.462 e. The van der Waals surface area contributed by atoms with Gasteiger partial charge < -0.3 is 14.2 Å². The van der Waals surface area contributed by atoms with E-state index in [9.17, 15) is 14.4 Å². The topological polar surface area (TPSA) is 78.9 Å². The van der Waals surface area contributed by atoms with Gasteiger partial charge in [0.05, 0.1) is 0 Å². The first kappa shape index (κ1) is 72.4. The number of carbonyl (C=O) groups is 3. The second-order valence-corrected chi connectivity index (χ2v) is 22.4. The highest BCUT2D eigenvalue weighted by Crippen LogP contribution is 2.18. The van der Waals surface area contributed by atoms with Crippen LogP contribution in [0.3, 0.4) is 0 Å². The third-order valence-electron chi connectivity index (χ3n) is 14.8. The van der Waals surface area contributed by atoms with Crippen molar-refractivity contribution in [3.63, 3.8) is 0 Å². The molecule has 1 unspecified atom stereocenters. The highest BCUT2D eigenvalue weighted by atomic mass is 16.6. The minimum atomic E-state index is -0.789. The molecule has 6 nitrogen and oxygen atoms in total. The summed E-state index contributed by atoms with van der Waals surface area (Å²) in [6.45, 7) is 6.50. The van der Waals surface area contributed by atoms with Crippen molar-refractivity contribution in [2.24, 2.45) is 0 Å².